The summed E-state index contributed by atoms with van der Waals surface area (Å²) in [5.41, 5.74) is 4.25. The second-order valence-corrected chi connectivity index (χ2v) is 11.4. The Morgan fingerprint density at radius 2 is 1.58 bits per heavy atom. The van der Waals surface area contributed by atoms with E-state index < -0.39 is 0 Å². The molecule has 0 saturated heterocycles. The third-order valence-electron chi connectivity index (χ3n) is 9.37. The number of allylic oxidation sites excluding steroid dienone is 1. The summed E-state index contributed by atoms with van der Waals surface area (Å²) in [5, 5.41) is 0. The normalized spacial score (nSPS) is 31.7. The number of esters is 1. The van der Waals surface area contributed by atoms with Crippen LogP contribution in [0, 0.1) is 5.41 Å². The van der Waals surface area contributed by atoms with E-state index in [0.29, 0.717) is 23.2 Å². The molecule has 4 aliphatic carbocycles. The predicted octanol–water partition coefficient (Wildman–Crippen LogP) is 8.78. The van der Waals surface area contributed by atoms with E-state index in [-0.39, 0.29) is 12.1 Å². The van der Waals surface area contributed by atoms with Crippen LogP contribution in [-0.2, 0) is 14.9 Å². The highest BCUT2D eigenvalue weighted by Crippen LogP contribution is 2.59. The fraction of sp³-hybridized carbons (Fsp3) is 0.710. The van der Waals surface area contributed by atoms with Gasteiger partial charge < -0.3 is 4.74 Å². The number of benzene rings is 1. The van der Waals surface area contributed by atoms with E-state index >= 15 is 0 Å². The Morgan fingerprint density at radius 3 is 2.18 bits per heavy atom. The fourth-order valence-corrected chi connectivity index (χ4v) is 7.02. The fourth-order valence-electron chi connectivity index (χ4n) is 7.02. The number of unbranched alkanes of at least 4 members (excludes halogenated alkanes) is 2. The van der Waals surface area contributed by atoms with Crippen molar-refractivity contribution < 1.29 is 9.53 Å². The third kappa shape index (κ3) is 5.92. The van der Waals surface area contributed by atoms with Gasteiger partial charge in [0.15, 0.2) is 0 Å². The molecule has 182 valence electrons. The summed E-state index contributed by atoms with van der Waals surface area (Å²) in [4.78, 5) is 12.0. The maximum atomic E-state index is 12.0. The minimum Gasteiger partial charge on any atom is -0.462 e. The molecule has 0 amide bonds. The average Bonchev–Trinajstić information content (AvgIpc) is 2.86. The van der Waals surface area contributed by atoms with E-state index in [0.717, 1.165) is 32.1 Å². The molecule has 2 bridgehead atoms. The van der Waals surface area contributed by atoms with Crippen molar-refractivity contribution >= 4 is 5.97 Å². The zero-order chi connectivity index (χ0) is 23.2. The minimum atomic E-state index is -0.0684. The maximum Gasteiger partial charge on any atom is 0.309 e. The van der Waals surface area contributed by atoms with Gasteiger partial charge in [-0.1, -0.05) is 69.5 Å². The Bertz CT molecular complexity index is 757. The number of carbonyl (C=O) groups is 1. The van der Waals surface area contributed by atoms with Gasteiger partial charge >= 0.3 is 5.97 Å². The molecule has 2 nitrogen and oxygen atoms in total. The Kier molecular flexibility index (Phi) is 8.36. The van der Waals surface area contributed by atoms with Crippen LogP contribution in [-0.4, -0.2) is 12.1 Å². The number of hydrogen-bond donors (Lipinski definition) is 0. The minimum absolute atomic E-state index is 0.0684. The highest BCUT2D eigenvalue weighted by atomic mass is 16.5. The standard InChI is InChI=1S/C31H46O2/c1-3-5-7-9-29(32)33-28-16-12-26(13-17-28)25-10-14-27(15-11-25)31-22-19-30(20-23-31,21-24-31)18-8-6-4-2/h5,7,10-11,14-15,26,28H,3-4,6,8-9,12-13,16-24H2,1-2H3/b7-5-/t26-,28-,30?,31?. The first-order valence-corrected chi connectivity index (χ1v) is 14.0. The average molecular weight is 451 g/mol. The first-order chi connectivity index (χ1) is 16.1. The van der Waals surface area contributed by atoms with Crippen LogP contribution < -0.4 is 0 Å². The summed E-state index contributed by atoms with van der Waals surface area (Å²) in [6.07, 6.45) is 24.0. The molecule has 5 rings (SSSR count). The lowest BCUT2D eigenvalue weighted by molar-refractivity contribution is -0.149. The van der Waals surface area contributed by atoms with Gasteiger partial charge in [0, 0.05) is 0 Å². The van der Waals surface area contributed by atoms with Gasteiger partial charge in [-0.25, -0.2) is 0 Å². The SMILES string of the molecule is CC/C=C\CC(=O)O[C@H]1CC[C@H](c2ccc(C34CCC(CCCCC)(CC3)CC4)cc2)CC1. The lowest BCUT2D eigenvalue weighted by Gasteiger charge is -2.54. The first-order valence-electron chi connectivity index (χ1n) is 14.0. The molecular formula is C31H46O2. The summed E-state index contributed by atoms with van der Waals surface area (Å²) in [6, 6.07) is 9.79. The van der Waals surface area contributed by atoms with E-state index in [1.807, 2.05) is 12.2 Å². The molecule has 0 spiro atoms. The quantitative estimate of drug-likeness (QED) is 0.202. The van der Waals surface area contributed by atoms with Crippen LogP contribution in [0.25, 0.3) is 0 Å². The summed E-state index contributed by atoms with van der Waals surface area (Å²) in [6.45, 7) is 4.40. The van der Waals surface area contributed by atoms with Crippen LogP contribution in [0.5, 0.6) is 0 Å². The first kappa shape index (κ1) is 24.6. The predicted molar refractivity (Wildman–Crippen MR) is 138 cm³/mol. The highest BCUT2D eigenvalue weighted by molar-refractivity contribution is 5.71. The number of fused-ring (bicyclic) bond motifs is 3. The Morgan fingerprint density at radius 1 is 0.909 bits per heavy atom. The van der Waals surface area contributed by atoms with Gasteiger partial charge in [-0.05, 0) is 105 Å². The smallest absolute Gasteiger partial charge is 0.309 e. The van der Waals surface area contributed by atoms with Gasteiger partial charge in [-0.15, -0.1) is 0 Å². The van der Waals surface area contributed by atoms with Gasteiger partial charge in [-0.3, -0.25) is 4.79 Å². The second kappa shape index (κ2) is 11.2. The summed E-state index contributed by atoms with van der Waals surface area (Å²) in [5.74, 6) is 0.552. The summed E-state index contributed by atoms with van der Waals surface area (Å²) < 4.78 is 5.70. The van der Waals surface area contributed by atoms with E-state index in [9.17, 15) is 4.79 Å². The largest absolute Gasteiger partial charge is 0.462 e. The monoisotopic (exact) mass is 450 g/mol. The lowest BCUT2D eigenvalue weighted by Crippen LogP contribution is -2.44. The molecule has 0 N–H and O–H groups in total. The molecule has 4 saturated carbocycles. The molecule has 0 aliphatic heterocycles. The van der Waals surface area contributed by atoms with Gasteiger partial charge in [-0.2, -0.15) is 0 Å². The van der Waals surface area contributed by atoms with Crippen LogP contribution in [0.1, 0.15) is 134 Å². The van der Waals surface area contributed by atoms with Crippen molar-refractivity contribution in [3.05, 3.63) is 47.5 Å². The van der Waals surface area contributed by atoms with Crippen LogP contribution in [0.3, 0.4) is 0 Å². The molecule has 0 heterocycles. The van der Waals surface area contributed by atoms with Crippen molar-refractivity contribution in [2.75, 3.05) is 0 Å². The van der Waals surface area contributed by atoms with Crippen molar-refractivity contribution in [1.82, 2.24) is 0 Å². The van der Waals surface area contributed by atoms with Crippen LogP contribution >= 0.6 is 0 Å². The van der Waals surface area contributed by atoms with Crippen molar-refractivity contribution in [2.45, 2.75) is 134 Å². The van der Waals surface area contributed by atoms with Gasteiger partial charge in [0.05, 0.1) is 6.42 Å². The Hall–Kier alpha value is -1.57. The Labute approximate surface area is 202 Å². The molecule has 0 atom stereocenters. The maximum absolute atomic E-state index is 12.0. The van der Waals surface area contributed by atoms with Gasteiger partial charge in [0.25, 0.3) is 0 Å². The summed E-state index contributed by atoms with van der Waals surface area (Å²) >= 11 is 0. The van der Waals surface area contributed by atoms with Gasteiger partial charge in [0.1, 0.15) is 6.10 Å². The molecule has 4 fully saturated rings. The van der Waals surface area contributed by atoms with Crippen LogP contribution in [0.4, 0.5) is 0 Å². The molecule has 0 aromatic heterocycles. The van der Waals surface area contributed by atoms with Crippen molar-refractivity contribution in [3.8, 4) is 0 Å². The van der Waals surface area contributed by atoms with E-state index in [1.165, 1.54) is 69.8 Å². The van der Waals surface area contributed by atoms with Crippen molar-refractivity contribution in [3.63, 3.8) is 0 Å². The zero-order valence-electron chi connectivity index (χ0n) is 21.2. The second-order valence-electron chi connectivity index (χ2n) is 11.4. The lowest BCUT2D eigenvalue weighted by atomic mass is 9.51. The Balaban J connectivity index is 1.27. The number of carbonyl (C=O) groups excluding carboxylic acids is 1. The summed E-state index contributed by atoms with van der Waals surface area (Å²) in [7, 11) is 0. The van der Waals surface area contributed by atoms with Crippen LogP contribution in [0.15, 0.2) is 36.4 Å². The number of ether oxygens (including phenoxy) is 1. The molecule has 0 unspecified atom stereocenters. The molecule has 1 aromatic rings. The van der Waals surface area contributed by atoms with E-state index in [4.69, 9.17) is 4.74 Å². The van der Waals surface area contributed by atoms with E-state index in [2.05, 4.69) is 38.1 Å². The van der Waals surface area contributed by atoms with E-state index in [1.54, 1.807) is 5.56 Å². The van der Waals surface area contributed by atoms with Gasteiger partial charge in [0.2, 0.25) is 0 Å². The molecule has 1 aromatic carbocycles. The molecule has 0 radical (unpaired) electrons. The van der Waals surface area contributed by atoms with Crippen molar-refractivity contribution in [1.29, 1.82) is 0 Å². The highest BCUT2D eigenvalue weighted by Gasteiger charge is 2.48. The number of hydrogen-bond acceptors (Lipinski definition) is 2. The number of rotatable bonds is 10. The molecule has 4 aliphatic rings. The molecular weight excluding hydrogens is 404 g/mol. The molecule has 33 heavy (non-hydrogen) atoms. The molecule has 2 heteroatoms. The topological polar surface area (TPSA) is 26.3 Å². The van der Waals surface area contributed by atoms with Crippen LogP contribution in [0.2, 0.25) is 0 Å². The van der Waals surface area contributed by atoms with Crippen molar-refractivity contribution in [2.24, 2.45) is 5.41 Å². The third-order valence-corrected chi connectivity index (χ3v) is 9.37. The zero-order valence-corrected chi connectivity index (χ0v) is 21.2.